The smallest absolute Gasteiger partial charge is 0.340 e. The molecule has 0 aliphatic heterocycles. The molecule has 0 fully saturated rings. The molecule has 0 saturated carbocycles. The van der Waals surface area contributed by atoms with Crippen LogP contribution < -0.4 is 5.32 Å². The molecule has 0 aliphatic rings. The average Bonchev–Trinajstić information content (AvgIpc) is 3.30. The third-order valence-corrected chi connectivity index (χ3v) is 3.99. The van der Waals surface area contributed by atoms with Gasteiger partial charge in [0, 0.05) is 24.4 Å². The van der Waals surface area contributed by atoms with Crippen LogP contribution in [0.3, 0.4) is 0 Å². The van der Waals surface area contributed by atoms with Gasteiger partial charge in [-0.3, -0.25) is 0 Å². The molecule has 3 aromatic heterocycles. The standard InChI is InChI=1S/C18H15F3N8O/c1-10-5-12(14-8-29(28-26-14)9-16-23-11(2)30-27-16)7-13(6-10)24-17-22-4-3-15(25-17)18(19,20)21/h3-8H,9H2,1-2H3,(H,22,24,25). The van der Waals surface area contributed by atoms with Crippen molar-refractivity contribution in [1.82, 2.24) is 35.1 Å². The normalized spacial score (nSPS) is 11.6. The molecular weight excluding hydrogens is 401 g/mol. The van der Waals surface area contributed by atoms with Crippen LogP contribution in [0.5, 0.6) is 0 Å². The van der Waals surface area contributed by atoms with E-state index in [2.05, 4.69) is 35.7 Å². The summed E-state index contributed by atoms with van der Waals surface area (Å²) in [5, 5.41) is 14.8. The van der Waals surface area contributed by atoms with Crippen molar-refractivity contribution in [3.8, 4) is 11.3 Å². The second kappa shape index (κ2) is 7.54. The lowest BCUT2D eigenvalue weighted by Gasteiger charge is -2.10. The van der Waals surface area contributed by atoms with Crippen molar-refractivity contribution in [3.63, 3.8) is 0 Å². The number of aryl methyl sites for hydroxylation is 2. The lowest BCUT2D eigenvalue weighted by molar-refractivity contribution is -0.141. The van der Waals surface area contributed by atoms with Crippen LogP contribution >= 0.6 is 0 Å². The van der Waals surface area contributed by atoms with E-state index in [0.717, 1.165) is 23.4 Å². The van der Waals surface area contributed by atoms with Crippen molar-refractivity contribution in [2.45, 2.75) is 26.6 Å². The molecule has 30 heavy (non-hydrogen) atoms. The van der Waals surface area contributed by atoms with E-state index in [9.17, 15) is 13.2 Å². The average molecular weight is 416 g/mol. The van der Waals surface area contributed by atoms with Gasteiger partial charge in [-0.1, -0.05) is 10.4 Å². The highest BCUT2D eigenvalue weighted by molar-refractivity contribution is 5.68. The van der Waals surface area contributed by atoms with Gasteiger partial charge in [0.15, 0.2) is 5.82 Å². The Bertz CT molecular complexity index is 1180. The second-order valence-electron chi connectivity index (χ2n) is 6.51. The molecule has 0 bridgehead atoms. The van der Waals surface area contributed by atoms with Crippen molar-refractivity contribution in [3.05, 3.63) is 59.6 Å². The first-order chi connectivity index (χ1) is 14.3. The molecule has 0 saturated heterocycles. The molecule has 3 heterocycles. The number of halogens is 3. The van der Waals surface area contributed by atoms with Gasteiger partial charge in [-0.05, 0) is 36.8 Å². The van der Waals surface area contributed by atoms with Crippen LogP contribution in [0, 0.1) is 13.8 Å². The van der Waals surface area contributed by atoms with Crippen LogP contribution in [-0.2, 0) is 12.7 Å². The predicted octanol–water partition coefficient (Wildman–Crippen LogP) is 3.55. The van der Waals surface area contributed by atoms with Gasteiger partial charge in [-0.25, -0.2) is 14.6 Å². The van der Waals surface area contributed by atoms with E-state index < -0.39 is 11.9 Å². The van der Waals surface area contributed by atoms with Crippen LogP contribution in [-0.4, -0.2) is 35.1 Å². The predicted molar refractivity (Wildman–Crippen MR) is 98.6 cm³/mol. The third kappa shape index (κ3) is 4.42. The van der Waals surface area contributed by atoms with Gasteiger partial charge in [-0.15, -0.1) is 5.10 Å². The van der Waals surface area contributed by atoms with Gasteiger partial charge >= 0.3 is 6.18 Å². The summed E-state index contributed by atoms with van der Waals surface area (Å²) in [4.78, 5) is 11.5. The fraction of sp³-hybridized carbons (Fsp3) is 0.222. The highest BCUT2D eigenvalue weighted by atomic mass is 19.4. The highest BCUT2D eigenvalue weighted by Crippen LogP contribution is 2.29. The van der Waals surface area contributed by atoms with E-state index in [1.54, 1.807) is 29.9 Å². The van der Waals surface area contributed by atoms with Crippen molar-refractivity contribution in [2.75, 3.05) is 5.32 Å². The SMILES string of the molecule is Cc1cc(Nc2nccc(C(F)(F)F)n2)cc(-c2cn(Cc3noc(C)n3)nn2)c1. The molecule has 0 radical (unpaired) electrons. The summed E-state index contributed by atoms with van der Waals surface area (Å²) in [6.07, 6.45) is -1.78. The second-order valence-corrected chi connectivity index (χ2v) is 6.51. The van der Waals surface area contributed by atoms with E-state index >= 15 is 0 Å². The zero-order chi connectivity index (χ0) is 21.3. The Morgan fingerprint density at radius 1 is 1.13 bits per heavy atom. The Hall–Kier alpha value is -3.83. The molecule has 154 valence electrons. The summed E-state index contributed by atoms with van der Waals surface area (Å²) in [6, 6.07) is 6.19. The summed E-state index contributed by atoms with van der Waals surface area (Å²) in [5.41, 5.74) is 1.66. The topological polar surface area (TPSA) is 107 Å². The van der Waals surface area contributed by atoms with E-state index in [4.69, 9.17) is 4.52 Å². The first-order valence-corrected chi connectivity index (χ1v) is 8.75. The molecule has 0 atom stereocenters. The minimum absolute atomic E-state index is 0.155. The van der Waals surface area contributed by atoms with Crippen LogP contribution in [0.4, 0.5) is 24.8 Å². The zero-order valence-corrected chi connectivity index (χ0v) is 15.8. The number of alkyl halides is 3. The molecule has 4 aromatic rings. The van der Waals surface area contributed by atoms with E-state index in [0.29, 0.717) is 29.6 Å². The molecular formula is C18H15F3N8O. The summed E-state index contributed by atoms with van der Waals surface area (Å²) in [5.74, 6) is 0.770. The van der Waals surface area contributed by atoms with Gasteiger partial charge in [0.2, 0.25) is 11.8 Å². The number of nitrogens with one attached hydrogen (secondary N) is 1. The summed E-state index contributed by atoms with van der Waals surface area (Å²) in [7, 11) is 0. The van der Waals surface area contributed by atoms with Gasteiger partial charge in [0.1, 0.15) is 17.9 Å². The van der Waals surface area contributed by atoms with Crippen LogP contribution in [0.25, 0.3) is 11.3 Å². The molecule has 0 amide bonds. The number of hydrogen-bond donors (Lipinski definition) is 1. The molecule has 0 unspecified atom stereocenters. The van der Waals surface area contributed by atoms with E-state index in [1.165, 1.54) is 0 Å². The van der Waals surface area contributed by atoms with Crippen molar-refractivity contribution in [2.24, 2.45) is 0 Å². The van der Waals surface area contributed by atoms with Gasteiger partial charge in [-0.2, -0.15) is 18.2 Å². The monoisotopic (exact) mass is 416 g/mol. The third-order valence-electron chi connectivity index (χ3n) is 3.99. The number of hydrogen-bond acceptors (Lipinski definition) is 8. The number of rotatable bonds is 5. The lowest BCUT2D eigenvalue weighted by Crippen LogP contribution is -2.10. The molecule has 12 heteroatoms. The molecule has 9 nitrogen and oxygen atoms in total. The molecule has 0 aliphatic carbocycles. The zero-order valence-electron chi connectivity index (χ0n) is 15.8. The van der Waals surface area contributed by atoms with Crippen molar-refractivity contribution >= 4 is 11.6 Å². The van der Waals surface area contributed by atoms with E-state index in [1.807, 2.05) is 13.0 Å². The first-order valence-electron chi connectivity index (χ1n) is 8.75. The Balaban J connectivity index is 1.57. The van der Waals surface area contributed by atoms with E-state index in [-0.39, 0.29) is 5.95 Å². The minimum Gasteiger partial charge on any atom is -0.340 e. The highest BCUT2D eigenvalue weighted by Gasteiger charge is 2.32. The van der Waals surface area contributed by atoms with Crippen molar-refractivity contribution in [1.29, 1.82) is 0 Å². The maximum atomic E-state index is 12.9. The van der Waals surface area contributed by atoms with Crippen molar-refractivity contribution < 1.29 is 17.7 Å². The largest absolute Gasteiger partial charge is 0.433 e. The quantitative estimate of drug-likeness (QED) is 0.526. The number of nitrogens with zero attached hydrogens (tertiary/aromatic N) is 7. The minimum atomic E-state index is -4.55. The molecule has 0 spiro atoms. The van der Waals surface area contributed by atoms with Gasteiger partial charge in [0.25, 0.3) is 0 Å². The molecule has 1 N–H and O–H groups in total. The van der Waals surface area contributed by atoms with Crippen LogP contribution in [0.15, 0.2) is 41.2 Å². The first kappa shape index (κ1) is 19.5. The Morgan fingerprint density at radius 2 is 1.97 bits per heavy atom. The van der Waals surface area contributed by atoms with Gasteiger partial charge in [0.05, 0.1) is 6.20 Å². The van der Waals surface area contributed by atoms with Crippen LogP contribution in [0.2, 0.25) is 0 Å². The van der Waals surface area contributed by atoms with Crippen LogP contribution in [0.1, 0.15) is 23.0 Å². The van der Waals surface area contributed by atoms with Gasteiger partial charge < -0.3 is 9.84 Å². The fourth-order valence-electron chi connectivity index (χ4n) is 2.77. The summed E-state index contributed by atoms with van der Waals surface area (Å²) in [6.45, 7) is 3.84. The maximum absolute atomic E-state index is 12.9. The summed E-state index contributed by atoms with van der Waals surface area (Å²) >= 11 is 0. The fourth-order valence-corrected chi connectivity index (χ4v) is 2.77. The number of aromatic nitrogens is 7. The molecule has 4 rings (SSSR count). The number of benzene rings is 1. The maximum Gasteiger partial charge on any atom is 0.433 e. The Kier molecular flexibility index (Phi) is 4.90. The Labute approximate surface area is 168 Å². The Morgan fingerprint density at radius 3 is 2.70 bits per heavy atom. The summed E-state index contributed by atoms with van der Waals surface area (Å²) < 4.78 is 45.1. The lowest BCUT2D eigenvalue weighted by atomic mass is 10.1. The number of anilines is 2. The molecule has 1 aromatic carbocycles.